The van der Waals surface area contributed by atoms with Gasteiger partial charge in [-0.2, -0.15) is 0 Å². The van der Waals surface area contributed by atoms with Gasteiger partial charge in [-0.05, 0) is 30.9 Å². The summed E-state index contributed by atoms with van der Waals surface area (Å²) in [7, 11) is 1.68. The number of nitrogens with zero attached hydrogens (tertiary/aromatic N) is 1. The average Bonchev–Trinajstić information content (AvgIpc) is 2.30. The van der Waals surface area contributed by atoms with Gasteiger partial charge in [-0.25, -0.2) is 0 Å². The molecule has 1 N–H and O–H groups in total. The van der Waals surface area contributed by atoms with Crippen LogP contribution in [0.1, 0.15) is 30.4 Å². The molecule has 0 saturated heterocycles. The normalized spacial score (nSPS) is 16.5. The van der Waals surface area contributed by atoms with E-state index in [9.17, 15) is 14.7 Å². The second-order valence-corrected chi connectivity index (χ2v) is 5.33. The smallest absolute Gasteiger partial charge is 0.319 e. The number of carbonyl (C=O) groups excluding carboxylic acids is 1. The highest BCUT2D eigenvalue weighted by Crippen LogP contribution is 2.42. The van der Waals surface area contributed by atoms with Crippen molar-refractivity contribution in [2.45, 2.75) is 32.7 Å². The van der Waals surface area contributed by atoms with Gasteiger partial charge in [0, 0.05) is 13.6 Å². The van der Waals surface area contributed by atoms with E-state index >= 15 is 0 Å². The monoisotopic (exact) mass is 261 g/mol. The third-order valence-corrected chi connectivity index (χ3v) is 4.04. The lowest BCUT2D eigenvalue weighted by molar-refractivity contribution is -0.167. The molecule has 0 aromatic heterocycles. The second-order valence-electron chi connectivity index (χ2n) is 5.33. The van der Waals surface area contributed by atoms with Crippen LogP contribution < -0.4 is 0 Å². The Bertz CT molecular complexity index is 506. The molecule has 2 rings (SSSR count). The third kappa shape index (κ3) is 2.35. The van der Waals surface area contributed by atoms with Crippen LogP contribution in [0, 0.1) is 12.3 Å². The summed E-state index contributed by atoms with van der Waals surface area (Å²) in [6.07, 6.45) is 1.73. The van der Waals surface area contributed by atoms with Crippen molar-refractivity contribution in [1.82, 2.24) is 4.90 Å². The van der Waals surface area contributed by atoms with Crippen molar-refractivity contribution in [2.24, 2.45) is 5.41 Å². The number of aliphatic carboxylic acids is 1. The van der Waals surface area contributed by atoms with E-state index in [0.717, 1.165) is 17.5 Å². The first-order chi connectivity index (χ1) is 8.97. The third-order valence-electron chi connectivity index (χ3n) is 4.04. The number of hydrogen-bond donors (Lipinski definition) is 1. The van der Waals surface area contributed by atoms with Gasteiger partial charge < -0.3 is 10.0 Å². The highest BCUT2D eigenvalue weighted by molar-refractivity contribution is 6.02. The van der Waals surface area contributed by atoms with Crippen molar-refractivity contribution in [3.8, 4) is 0 Å². The Morgan fingerprint density at radius 2 is 1.95 bits per heavy atom. The number of hydrogen-bond acceptors (Lipinski definition) is 2. The van der Waals surface area contributed by atoms with E-state index in [1.165, 1.54) is 4.90 Å². The van der Waals surface area contributed by atoms with Crippen molar-refractivity contribution in [3.63, 3.8) is 0 Å². The van der Waals surface area contributed by atoms with Crippen molar-refractivity contribution in [1.29, 1.82) is 0 Å². The highest BCUT2D eigenvalue weighted by atomic mass is 16.4. The molecular formula is C15H19NO3. The molecule has 102 valence electrons. The summed E-state index contributed by atoms with van der Waals surface area (Å²) in [5.74, 6) is -1.25. The summed E-state index contributed by atoms with van der Waals surface area (Å²) >= 11 is 0. The Kier molecular flexibility index (Phi) is 3.60. The van der Waals surface area contributed by atoms with Crippen LogP contribution >= 0.6 is 0 Å². The van der Waals surface area contributed by atoms with Gasteiger partial charge >= 0.3 is 5.97 Å². The van der Waals surface area contributed by atoms with E-state index in [0.29, 0.717) is 19.4 Å². The van der Waals surface area contributed by atoms with Gasteiger partial charge in [0.1, 0.15) is 5.41 Å². The molecule has 0 unspecified atom stereocenters. The summed E-state index contributed by atoms with van der Waals surface area (Å²) in [4.78, 5) is 25.2. The van der Waals surface area contributed by atoms with E-state index in [4.69, 9.17) is 0 Å². The summed E-state index contributed by atoms with van der Waals surface area (Å²) in [6, 6.07) is 7.83. The largest absolute Gasteiger partial charge is 0.480 e. The first-order valence-corrected chi connectivity index (χ1v) is 6.51. The molecule has 0 aliphatic heterocycles. The van der Waals surface area contributed by atoms with E-state index in [2.05, 4.69) is 0 Å². The summed E-state index contributed by atoms with van der Waals surface area (Å²) in [5.41, 5.74) is 0.996. The summed E-state index contributed by atoms with van der Waals surface area (Å²) < 4.78 is 0. The van der Waals surface area contributed by atoms with E-state index in [1.54, 1.807) is 7.05 Å². The number of rotatable bonds is 4. The van der Waals surface area contributed by atoms with Gasteiger partial charge in [0.05, 0.1) is 0 Å². The molecule has 1 aliphatic carbocycles. The maximum atomic E-state index is 12.3. The Hall–Kier alpha value is -1.84. The van der Waals surface area contributed by atoms with Crippen LogP contribution in [0.4, 0.5) is 0 Å². The first kappa shape index (κ1) is 13.6. The summed E-state index contributed by atoms with van der Waals surface area (Å²) in [5, 5.41) is 9.28. The Balaban J connectivity index is 2.12. The van der Waals surface area contributed by atoms with Gasteiger partial charge in [0.15, 0.2) is 0 Å². The molecule has 0 bridgehead atoms. The number of amides is 1. The van der Waals surface area contributed by atoms with Gasteiger partial charge in [-0.1, -0.05) is 30.7 Å². The molecule has 1 aliphatic rings. The zero-order chi connectivity index (χ0) is 14.0. The molecule has 1 fully saturated rings. The average molecular weight is 261 g/mol. The number of benzene rings is 1. The van der Waals surface area contributed by atoms with E-state index in [1.807, 2.05) is 31.2 Å². The lowest BCUT2D eigenvalue weighted by Crippen LogP contribution is -2.51. The Morgan fingerprint density at radius 3 is 2.42 bits per heavy atom. The van der Waals surface area contributed by atoms with E-state index in [-0.39, 0.29) is 5.91 Å². The summed E-state index contributed by atoms with van der Waals surface area (Å²) in [6.45, 7) is 2.45. The second kappa shape index (κ2) is 5.03. The molecule has 0 atom stereocenters. The van der Waals surface area contributed by atoms with Crippen molar-refractivity contribution in [3.05, 3.63) is 35.4 Å². The van der Waals surface area contributed by atoms with Crippen LogP contribution in [0.2, 0.25) is 0 Å². The number of aryl methyl sites for hydroxylation is 1. The Labute approximate surface area is 113 Å². The molecule has 1 aromatic carbocycles. The van der Waals surface area contributed by atoms with Crippen molar-refractivity contribution in [2.75, 3.05) is 7.05 Å². The van der Waals surface area contributed by atoms with Crippen LogP contribution in [0.15, 0.2) is 24.3 Å². The van der Waals surface area contributed by atoms with Crippen LogP contribution in [-0.4, -0.2) is 28.9 Å². The predicted octanol–water partition coefficient (Wildman–Crippen LogP) is 2.21. The van der Waals surface area contributed by atoms with Gasteiger partial charge in [0.25, 0.3) is 0 Å². The van der Waals surface area contributed by atoms with Crippen molar-refractivity contribution >= 4 is 11.9 Å². The molecule has 0 heterocycles. The molecular weight excluding hydrogens is 242 g/mol. The number of carboxylic acid groups (broad SMARTS) is 1. The first-order valence-electron chi connectivity index (χ1n) is 6.51. The van der Waals surface area contributed by atoms with Gasteiger partial charge in [-0.15, -0.1) is 0 Å². The minimum Gasteiger partial charge on any atom is -0.480 e. The fraction of sp³-hybridized carbons (Fsp3) is 0.467. The number of carbonyl (C=O) groups is 2. The maximum absolute atomic E-state index is 12.3. The SMILES string of the molecule is Cc1ccccc1CN(C)C(=O)C1(C(=O)O)CCC1. The fourth-order valence-corrected chi connectivity index (χ4v) is 2.53. The Morgan fingerprint density at radius 1 is 1.32 bits per heavy atom. The van der Waals surface area contributed by atoms with Gasteiger partial charge in [0.2, 0.25) is 5.91 Å². The molecule has 1 amide bonds. The van der Waals surface area contributed by atoms with Crippen LogP contribution in [-0.2, 0) is 16.1 Å². The zero-order valence-electron chi connectivity index (χ0n) is 11.3. The fourth-order valence-electron chi connectivity index (χ4n) is 2.53. The minimum absolute atomic E-state index is 0.269. The van der Waals surface area contributed by atoms with E-state index < -0.39 is 11.4 Å². The molecule has 19 heavy (non-hydrogen) atoms. The minimum atomic E-state index is -1.17. The molecule has 1 aromatic rings. The van der Waals surface area contributed by atoms with Crippen LogP contribution in [0.3, 0.4) is 0 Å². The van der Waals surface area contributed by atoms with Crippen LogP contribution in [0.25, 0.3) is 0 Å². The quantitative estimate of drug-likeness (QED) is 0.845. The van der Waals surface area contributed by atoms with Crippen LogP contribution in [0.5, 0.6) is 0 Å². The zero-order valence-corrected chi connectivity index (χ0v) is 11.3. The predicted molar refractivity (Wildman–Crippen MR) is 71.6 cm³/mol. The van der Waals surface area contributed by atoms with Gasteiger partial charge in [-0.3, -0.25) is 9.59 Å². The lowest BCUT2D eigenvalue weighted by atomic mass is 9.68. The molecule has 0 spiro atoms. The lowest BCUT2D eigenvalue weighted by Gasteiger charge is -2.38. The maximum Gasteiger partial charge on any atom is 0.319 e. The molecule has 4 nitrogen and oxygen atoms in total. The topological polar surface area (TPSA) is 57.6 Å². The standard InChI is InChI=1S/C15H19NO3/c1-11-6-3-4-7-12(11)10-16(2)13(17)15(14(18)19)8-5-9-15/h3-4,6-7H,5,8-10H2,1-2H3,(H,18,19). The molecule has 0 radical (unpaired) electrons. The number of carboxylic acids is 1. The van der Waals surface area contributed by atoms with Crippen molar-refractivity contribution < 1.29 is 14.7 Å². The highest BCUT2D eigenvalue weighted by Gasteiger charge is 2.52. The molecule has 1 saturated carbocycles. The molecule has 4 heteroatoms.